The van der Waals surface area contributed by atoms with Crippen LogP contribution in [0.1, 0.15) is 131 Å². The first-order valence-electron chi connectivity index (χ1n) is 15.6. The van der Waals surface area contributed by atoms with Crippen molar-refractivity contribution in [2.24, 2.45) is 0 Å². The number of hydrogen-bond donors (Lipinski definition) is 1. The predicted octanol–water partition coefficient (Wildman–Crippen LogP) is 10.5. The van der Waals surface area contributed by atoms with Crippen molar-refractivity contribution in [2.45, 2.75) is 149 Å². The Morgan fingerprint density at radius 1 is 0.825 bits per heavy atom. The highest BCUT2D eigenvalue weighted by Gasteiger charge is 2.36. The van der Waals surface area contributed by atoms with Gasteiger partial charge < -0.3 is 13.9 Å². The van der Waals surface area contributed by atoms with Gasteiger partial charge in [0.15, 0.2) is 8.32 Å². The summed E-state index contributed by atoms with van der Waals surface area (Å²) in [4.78, 5) is 12.3. The zero-order valence-corrected chi connectivity index (χ0v) is 28.3. The molecule has 0 bridgehead atoms. The van der Waals surface area contributed by atoms with E-state index < -0.39 is 20.0 Å². The van der Waals surface area contributed by atoms with Gasteiger partial charge in [-0.2, -0.15) is 0 Å². The number of amides is 1. The summed E-state index contributed by atoms with van der Waals surface area (Å²) in [5.74, 6) is 7.05. The van der Waals surface area contributed by atoms with Crippen LogP contribution in [-0.4, -0.2) is 33.7 Å². The molecule has 6 heteroatoms. The third kappa shape index (κ3) is 15.7. The van der Waals surface area contributed by atoms with Gasteiger partial charge in [0.2, 0.25) is 0 Å². The second-order valence-corrected chi connectivity index (χ2v) is 18.2. The number of unbranched alkanes of at least 4 members (excludes halogenated alkanes) is 12. The van der Waals surface area contributed by atoms with Gasteiger partial charge in [0.1, 0.15) is 17.0 Å². The van der Waals surface area contributed by atoms with E-state index in [9.17, 15) is 4.79 Å². The Morgan fingerprint density at radius 2 is 1.35 bits per heavy atom. The average Bonchev–Trinajstić information content (AvgIpc) is 2.84. The summed E-state index contributed by atoms with van der Waals surface area (Å²) in [6, 6.07) is 5.59. The summed E-state index contributed by atoms with van der Waals surface area (Å²) in [6.07, 6.45) is 15.9. The molecule has 0 spiro atoms. The Balaban J connectivity index is 2.14. The summed E-state index contributed by atoms with van der Waals surface area (Å²) >= 11 is 0. The van der Waals surface area contributed by atoms with E-state index in [1.54, 1.807) is 7.11 Å². The third-order valence-electron chi connectivity index (χ3n) is 7.56. The first-order chi connectivity index (χ1) is 18.8. The molecule has 1 aromatic carbocycles. The van der Waals surface area contributed by atoms with Gasteiger partial charge in [-0.1, -0.05) is 103 Å². The molecular weight excluding hydrogens is 514 g/mol. The van der Waals surface area contributed by atoms with Crippen LogP contribution in [0, 0.1) is 11.8 Å². The molecule has 0 heterocycles. The summed E-state index contributed by atoms with van der Waals surface area (Å²) in [5.41, 5.74) is 0.727. The Bertz CT molecular complexity index is 919. The van der Waals surface area contributed by atoms with Crippen LogP contribution in [0.2, 0.25) is 18.1 Å². The van der Waals surface area contributed by atoms with Crippen molar-refractivity contribution >= 4 is 20.1 Å². The van der Waals surface area contributed by atoms with Gasteiger partial charge >= 0.3 is 6.09 Å². The number of rotatable bonds is 17. The number of benzene rings is 1. The first kappa shape index (κ1) is 36.1. The second kappa shape index (κ2) is 18.5. The van der Waals surface area contributed by atoms with Crippen LogP contribution < -0.4 is 10.1 Å². The predicted molar refractivity (Wildman–Crippen MR) is 173 cm³/mol. The SMILES string of the molecule is COc1cccc(C#CCCCCCCCCCCCCCCO[Si](C)(C)C(C)(C)C)c1NC(=O)OC(C)(C)C. The van der Waals surface area contributed by atoms with Gasteiger partial charge in [-0.05, 0) is 63.9 Å². The number of nitrogens with one attached hydrogen (secondary N) is 1. The zero-order valence-electron chi connectivity index (χ0n) is 27.3. The van der Waals surface area contributed by atoms with Crippen LogP contribution in [-0.2, 0) is 9.16 Å². The van der Waals surface area contributed by atoms with E-state index in [-0.39, 0.29) is 0 Å². The average molecular weight is 574 g/mol. The molecule has 0 unspecified atom stereocenters. The largest absolute Gasteiger partial charge is 0.495 e. The van der Waals surface area contributed by atoms with E-state index in [2.05, 4.69) is 51.0 Å². The number of methoxy groups -OCH3 is 1. The Hall–Kier alpha value is -1.97. The van der Waals surface area contributed by atoms with Gasteiger partial charge in [-0.15, -0.1) is 0 Å². The molecule has 1 amide bonds. The lowest BCUT2D eigenvalue weighted by Crippen LogP contribution is -2.40. The highest BCUT2D eigenvalue weighted by Crippen LogP contribution is 2.36. The van der Waals surface area contributed by atoms with Crippen molar-refractivity contribution in [2.75, 3.05) is 19.0 Å². The van der Waals surface area contributed by atoms with E-state index in [0.717, 1.165) is 25.0 Å². The smallest absolute Gasteiger partial charge is 0.412 e. The maximum atomic E-state index is 12.3. The molecule has 0 atom stereocenters. The normalized spacial score (nSPS) is 12.0. The number of carbonyl (C=O) groups excluding carboxylic acids is 1. The van der Waals surface area contributed by atoms with Crippen LogP contribution in [0.25, 0.3) is 0 Å². The lowest BCUT2D eigenvalue weighted by molar-refractivity contribution is 0.0635. The van der Waals surface area contributed by atoms with Crippen LogP contribution in [0.15, 0.2) is 18.2 Å². The molecule has 0 aliphatic heterocycles. The maximum Gasteiger partial charge on any atom is 0.412 e. The van der Waals surface area contributed by atoms with Crippen LogP contribution in [0.5, 0.6) is 5.75 Å². The summed E-state index contributed by atoms with van der Waals surface area (Å²) in [7, 11) is 0.0144. The van der Waals surface area contributed by atoms with E-state index in [1.165, 1.54) is 70.6 Å². The zero-order chi connectivity index (χ0) is 30.1. The second-order valence-electron chi connectivity index (χ2n) is 13.4. The van der Waals surface area contributed by atoms with Gasteiger partial charge in [0.05, 0.1) is 12.7 Å². The quantitative estimate of drug-likeness (QED) is 0.114. The minimum Gasteiger partial charge on any atom is -0.495 e. The van der Waals surface area contributed by atoms with Gasteiger partial charge in [0, 0.05) is 13.0 Å². The molecule has 0 fully saturated rings. The molecule has 0 saturated carbocycles. The molecule has 0 aliphatic rings. The molecule has 1 N–H and O–H groups in total. The first-order valence-corrected chi connectivity index (χ1v) is 18.5. The van der Waals surface area contributed by atoms with E-state index >= 15 is 0 Å². The standard InChI is InChI=1S/C34H59NO4Si/c1-33(2,3)39-32(36)35-31-29(26-24-27-30(31)37-7)25-22-20-18-16-14-12-10-11-13-15-17-19-21-23-28-38-40(8,9)34(4,5)6/h24,26-27H,10-21,23,28H2,1-9H3,(H,35,36). The van der Waals surface area contributed by atoms with Crippen molar-refractivity contribution < 1.29 is 18.7 Å². The van der Waals surface area contributed by atoms with Gasteiger partial charge in [0.25, 0.3) is 0 Å². The van der Waals surface area contributed by atoms with E-state index in [1.807, 2.05) is 39.0 Å². The van der Waals surface area contributed by atoms with Crippen molar-refractivity contribution in [3.05, 3.63) is 23.8 Å². The molecule has 5 nitrogen and oxygen atoms in total. The van der Waals surface area contributed by atoms with Crippen molar-refractivity contribution in [1.29, 1.82) is 0 Å². The number of anilines is 1. The Kier molecular flexibility index (Phi) is 16.6. The van der Waals surface area contributed by atoms with Crippen molar-refractivity contribution in [3.8, 4) is 17.6 Å². The van der Waals surface area contributed by atoms with Crippen molar-refractivity contribution in [3.63, 3.8) is 0 Å². The van der Waals surface area contributed by atoms with Crippen LogP contribution >= 0.6 is 0 Å². The van der Waals surface area contributed by atoms with Crippen LogP contribution in [0.4, 0.5) is 10.5 Å². The number of carbonyl (C=O) groups is 1. The lowest BCUT2D eigenvalue weighted by Gasteiger charge is -2.36. The minimum atomic E-state index is -1.57. The summed E-state index contributed by atoms with van der Waals surface area (Å²) in [5, 5.41) is 3.12. The van der Waals surface area contributed by atoms with Gasteiger partial charge in [-0.25, -0.2) is 4.79 Å². The minimum absolute atomic E-state index is 0.312. The highest BCUT2D eigenvalue weighted by molar-refractivity contribution is 6.74. The molecule has 1 rings (SSSR count). The fraction of sp³-hybridized carbons (Fsp3) is 0.735. The molecular formula is C34H59NO4Si. The van der Waals surface area contributed by atoms with Gasteiger partial charge in [-0.3, -0.25) is 5.32 Å². The van der Waals surface area contributed by atoms with E-state index in [0.29, 0.717) is 16.5 Å². The number of ether oxygens (including phenoxy) is 2. The Labute approximate surface area is 247 Å². The highest BCUT2D eigenvalue weighted by atomic mass is 28.4. The van der Waals surface area contributed by atoms with E-state index in [4.69, 9.17) is 13.9 Å². The molecule has 40 heavy (non-hydrogen) atoms. The lowest BCUT2D eigenvalue weighted by atomic mass is 10.0. The topological polar surface area (TPSA) is 56.8 Å². The van der Waals surface area contributed by atoms with Crippen molar-refractivity contribution in [1.82, 2.24) is 0 Å². The summed E-state index contributed by atoms with van der Waals surface area (Å²) in [6.45, 7) is 18.1. The molecule has 0 saturated heterocycles. The Morgan fingerprint density at radius 3 is 1.85 bits per heavy atom. The summed E-state index contributed by atoms with van der Waals surface area (Å²) < 4.78 is 17.1. The third-order valence-corrected chi connectivity index (χ3v) is 12.1. The fourth-order valence-corrected chi connectivity index (χ4v) is 5.21. The molecule has 0 aliphatic carbocycles. The van der Waals surface area contributed by atoms with Crippen LogP contribution in [0.3, 0.4) is 0 Å². The fourth-order valence-electron chi connectivity index (χ4n) is 4.12. The number of para-hydroxylation sites is 1. The molecule has 1 aromatic rings. The molecule has 0 aromatic heterocycles. The molecule has 228 valence electrons. The molecule has 0 radical (unpaired) electrons. The number of hydrogen-bond acceptors (Lipinski definition) is 4. The monoisotopic (exact) mass is 573 g/mol. The maximum absolute atomic E-state index is 12.3.